The number of hydrogen-bond donors (Lipinski definition) is 1. The maximum atomic E-state index is 13.3. The summed E-state index contributed by atoms with van der Waals surface area (Å²) in [5.41, 5.74) is 0.366. The van der Waals surface area contributed by atoms with Gasteiger partial charge >= 0.3 is 0 Å². The van der Waals surface area contributed by atoms with Crippen LogP contribution in [0.2, 0.25) is 0 Å². The summed E-state index contributed by atoms with van der Waals surface area (Å²) in [4.78, 5) is 28.4. The second-order valence-electron chi connectivity index (χ2n) is 8.31. The highest BCUT2D eigenvalue weighted by atomic mass is 32.2. The topological polar surface area (TPSA) is 96.0 Å². The van der Waals surface area contributed by atoms with Crippen LogP contribution in [0.4, 0.5) is 5.69 Å². The Kier molecular flexibility index (Phi) is 7.35. The highest BCUT2D eigenvalue weighted by molar-refractivity contribution is 7.89. The fourth-order valence-corrected chi connectivity index (χ4v) is 6.79. The molecule has 2 aliphatic rings. The quantitative estimate of drug-likeness (QED) is 0.667. The molecule has 0 radical (unpaired) electrons. The third-order valence-electron chi connectivity index (χ3n) is 6.16. The molecule has 1 aromatic heterocycles. The molecule has 33 heavy (non-hydrogen) atoms. The fraction of sp³-hybridized carbons (Fsp3) is 0.478. The van der Waals surface area contributed by atoms with E-state index in [1.807, 2.05) is 11.4 Å². The number of nitrogens with one attached hydrogen (secondary N) is 1. The van der Waals surface area contributed by atoms with Gasteiger partial charge in [0.2, 0.25) is 15.9 Å². The highest BCUT2D eigenvalue weighted by Gasteiger charge is 2.34. The van der Waals surface area contributed by atoms with Crippen molar-refractivity contribution in [1.29, 1.82) is 0 Å². The summed E-state index contributed by atoms with van der Waals surface area (Å²) in [6.45, 7) is 1.47. The molecule has 2 saturated heterocycles. The molecule has 2 aromatic rings. The van der Waals surface area contributed by atoms with Crippen molar-refractivity contribution in [2.45, 2.75) is 49.5 Å². The number of nitrogens with zero attached hydrogens (tertiary/aromatic N) is 2. The molecule has 2 fully saturated rings. The number of carbonyl (C=O) groups is 2. The molecule has 0 unspecified atom stereocenters. The van der Waals surface area contributed by atoms with E-state index in [9.17, 15) is 18.0 Å². The molecular weight excluding hydrogens is 462 g/mol. The van der Waals surface area contributed by atoms with E-state index in [2.05, 4.69) is 5.32 Å². The maximum absolute atomic E-state index is 13.3. The van der Waals surface area contributed by atoms with E-state index in [4.69, 9.17) is 4.74 Å². The van der Waals surface area contributed by atoms with Crippen molar-refractivity contribution in [3.8, 4) is 5.75 Å². The number of benzene rings is 1. The van der Waals surface area contributed by atoms with Crippen molar-refractivity contribution in [3.63, 3.8) is 0 Å². The van der Waals surface area contributed by atoms with Crippen molar-refractivity contribution < 1.29 is 22.7 Å². The van der Waals surface area contributed by atoms with Gasteiger partial charge in [0.15, 0.2) is 0 Å². The monoisotopic (exact) mass is 491 g/mol. The minimum Gasteiger partial charge on any atom is -0.495 e. The molecule has 0 bridgehead atoms. The lowest BCUT2D eigenvalue weighted by atomic mass is 10.0. The van der Waals surface area contributed by atoms with Gasteiger partial charge in [0.25, 0.3) is 5.91 Å². The van der Waals surface area contributed by atoms with Gasteiger partial charge in [0, 0.05) is 25.3 Å². The molecule has 10 heteroatoms. The SMILES string of the molecule is COc1ccc(NC(=O)[C@@H]2CCCCN2C(=O)c2cccs2)cc1S(=O)(=O)N1CCCCC1. The number of methoxy groups -OCH3 is 1. The molecule has 2 aliphatic heterocycles. The van der Waals surface area contributed by atoms with E-state index in [1.54, 1.807) is 23.1 Å². The number of sulfonamides is 1. The van der Waals surface area contributed by atoms with Crippen LogP contribution < -0.4 is 10.1 Å². The maximum Gasteiger partial charge on any atom is 0.264 e. The number of likely N-dealkylation sites (tertiary alicyclic amines) is 1. The number of hydrogen-bond acceptors (Lipinski definition) is 6. The van der Waals surface area contributed by atoms with Crippen molar-refractivity contribution >= 4 is 38.9 Å². The van der Waals surface area contributed by atoms with Crippen LogP contribution >= 0.6 is 11.3 Å². The number of rotatable bonds is 6. The second-order valence-corrected chi connectivity index (χ2v) is 11.2. The summed E-state index contributed by atoms with van der Waals surface area (Å²) in [5.74, 6) is -0.218. The van der Waals surface area contributed by atoms with E-state index in [1.165, 1.54) is 28.8 Å². The molecule has 1 aromatic carbocycles. The van der Waals surface area contributed by atoms with E-state index in [0.717, 1.165) is 32.1 Å². The van der Waals surface area contributed by atoms with Crippen LogP contribution in [-0.2, 0) is 14.8 Å². The van der Waals surface area contributed by atoms with Gasteiger partial charge < -0.3 is 15.0 Å². The predicted molar refractivity (Wildman–Crippen MR) is 127 cm³/mol. The molecule has 3 heterocycles. The average molecular weight is 492 g/mol. The number of anilines is 1. The minimum absolute atomic E-state index is 0.0415. The number of piperidine rings is 2. The largest absolute Gasteiger partial charge is 0.495 e. The fourth-order valence-electron chi connectivity index (χ4n) is 4.41. The first-order valence-electron chi connectivity index (χ1n) is 11.3. The molecule has 1 N–H and O–H groups in total. The van der Waals surface area contributed by atoms with E-state index < -0.39 is 16.1 Å². The van der Waals surface area contributed by atoms with Crippen LogP contribution in [0.1, 0.15) is 48.2 Å². The van der Waals surface area contributed by atoms with Crippen molar-refractivity contribution in [3.05, 3.63) is 40.6 Å². The van der Waals surface area contributed by atoms with Gasteiger partial charge in [0.05, 0.1) is 12.0 Å². The van der Waals surface area contributed by atoms with E-state index in [0.29, 0.717) is 36.6 Å². The Morgan fingerprint density at radius 1 is 1.06 bits per heavy atom. The van der Waals surface area contributed by atoms with Crippen LogP contribution in [0.25, 0.3) is 0 Å². The van der Waals surface area contributed by atoms with Crippen LogP contribution in [0, 0.1) is 0 Å². The lowest BCUT2D eigenvalue weighted by Crippen LogP contribution is -2.49. The Morgan fingerprint density at radius 3 is 2.52 bits per heavy atom. The molecule has 4 rings (SSSR count). The zero-order chi connectivity index (χ0) is 23.4. The lowest BCUT2D eigenvalue weighted by molar-refractivity contribution is -0.121. The van der Waals surface area contributed by atoms with Gasteiger partial charge in [-0.05, 0) is 61.7 Å². The third-order valence-corrected chi connectivity index (χ3v) is 8.94. The summed E-state index contributed by atoms with van der Waals surface area (Å²) in [6, 6.07) is 7.62. The lowest BCUT2D eigenvalue weighted by Gasteiger charge is -2.34. The van der Waals surface area contributed by atoms with Crippen LogP contribution in [0.3, 0.4) is 0 Å². The van der Waals surface area contributed by atoms with E-state index >= 15 is 0 Å². The number of ether oxygens (including phenoxy) is 1. The Hall–Kier alpha value is -2.43. The molecule has 0 saturated carbocycles. The third kappa shape index (κ3) is 5.07. The molecule has 1 atom stereocenters. The van der Waals surface area contributed by atoms with Gasteiger partial charge in [-0.1, -0.05) is 12.5 Å². The van der Waals surface area contributed by atoms with Gasteiger partial charge in [-0.15, -0.1) is 11.3 Å². The van der Waals surface area contributed by atoms with Crippen molar-refractivity contribution in [2.24, 2.45) is 0 Å². The summed E-state index contributed by atoms with van der Waals surface area (Å²) in [7, 11) is -2.32. The highest BCUT2D eigenvalue weighted by Crippen LogP contribution is 2.31. The molecule has 8 nitrogen and oxygen atoms in total. The number of amides is 2. The zero-order valence-corrected chi connectivity index (χ0v) is 20.3. The van der Waals surface area contributed by atoms with Gasteiger partial charge in [-0.2, -0.15) is 4.31 Å². The summed E-state index contributed by atoms with van der Waals surface area (Å²) < 4.78 is 33.3. The predicted octanol–water partition coefficient (Wildman–Crippen LogP) is 3.56. The summed E-state index contributed by atoms with van der Waals surface area (Å²) >= 11 is 1.36. The number of carbonyl (C=O) groups excluding carboxylic acids is 2. The molecular formula is C23H29N3O5S2. The van der Waals surface area contributed by atoms with E-state index in [-0.39, 0.29) is 22.5 Å². The molecule has 178 valence electrons. The normalized spacial score (nSPS) is 19.8. The van der Waals surface area contributed by atoms with Crippen LogP contribution in [0.15, 0.2) is 40.6 Å². The molecule has 0 aliphatic carbocycles. The first-order valence-corrected chi connectivity index (χ1v) is 13.6. The van der Waals surface area contributed by atoms with Gasteiger partial charge in [-0.3, -0.25) is 9.59 Å². The van der Waals surface area contributed by atoms with Crippen molar-refractivity contribution in [2.75, 3.05) is 32.1 Å². The second kappa shape index (κ2) is 10.2. The van der Waals surface area contributed by atoms with Gasteiger partial charge in [-0.25, -0.2) is 8.42 Å². The summed E-state index contributed by atoms with van der Waals surface area (Å²) in [6.07, 6.45) is 4.94. The Labute approximate surface area is 198 Å². The Morgan fingerprint density at radius 2 is 1.82 bits per heavy atom. The smallest absolute Gasteiger partial charge is 0.264 e. The summed E-state index contributed by atoms with van der Waals surface area (Å²) in [5, 5.41) is 4.68. The minimum atomic E-state index is -3.75. The molecule has 2 amide bonds. The average Bonchev–Trinajstić information content (AvgIpc) is 3.39. The Bertz CT molecular complexity index is 1100. The first-order chi connectivity index (χ1) is 15.9. The van der Waals surface area contributed by atoms with Gasteiger partial charge in [0.1, 0.15) is 16.7 Å². The Balaban J connectivity index is 1.56. The van der Waals surface area contributed by atoms with Crippen LogP contribution in [-0.4, -0.2) is 62.2 Å². The molecule has 0 spiro atoms. The zero-order valence-electron chi connectivity index (χ0n) is 18.7. The van der Waals surface area contributed by atoms with Crippen LogP contribution in [0.5, 0.6) is 5.75 Å². The standard InChI is InChI=1S/C23H29N3O5S2/c1-31-19-11-10-17(16-21(19)33(29,30)25-12-4-2-5-13-25)24-22(27)18-8-3-6-14-26(18)23(28)20-9-7-15-32-20/h7,9-11,15-16,18H,2-6,8,12-14H2,1H3,(H,24,27)/t18-/m0/s1. The van der Waals surface area contributed by atoms with Crippen molar-refractivity contribution in [1.82, 2.24) is 9.21 Å². The number of thiophene rings is 1. The first kappa shape index (κ1) is 23.7.